The van der Waals surface area contributed by atoms with Crippen molar-refractivity contribution in [2.24, 2.45) is 0 Å². The van der Waals surface area contributed by atoms with Crippen molar-refractivity contribution in [1.29, 1.82) is 0 Å². The minimum atomic E-state index is -0.474. The zero-order chi connectivity index (χ0) is 15.7. The summed E-state index contributed by atoms with van der Waals surface area (Å²) in [4.78, 5) is 27.0. The van der Waals surface area contributed by atoms with Crippen molar-refractivity contribution in [1.82, 2.24) is 15.8 Å². The van der Waals surface area contributed by atoms with Crippen LogP contribution in [0.15, 0.2) is 36.5 Å². The molecule has 2 aromatic heterocycles. The van der Waals surface area contributed by atoms with Crippen LogP contribution < -0.4 is 10.9 Å². The lowest BCUT2D eigenvalue weighted by Crippen LogP contribution is -2.41. The number of amides is 2. The van der Waals surface area contributed by atoms with Gasteiger partial charge in [-0.25, -0.2) is 4.39 Å². The molecule has 2 heterocycles. The fourth-order valence-electron chi connectivity index (χ4n) is 2.18. The predicted molar refractivity (Wildman–Crippen MR) is 82.2 cm³/mol. The van der Waals surface area contributed by atoms with Gasteiger partial charge in [-0.15, -0.1) is 11.3 Å². The topological polar surface area (TPSA) is 74.0 Å². The highest BCUT2D eigenvalue weighted by Crippen LogP contribution is 2.32. The summed E-state index contributed by atoms with van der Waals surface area (Å²) >= 11 is 1.18. The van der Waals surface area contributed by atoms with Gasteiger partial charge in [0.2, 0.25) is 0 Å². The molecule has 0 aliphatic carbocycles. The first kappa shape index (κ1) is 14.3. The zero-order valence-corrected chi connectivity index (χ0v) is 12.4. The molecule has 3 rings (SSSR count). The third-order valence-corrected chi connectivity index (χ3v) is 4.50. The molecule has 1 aromatic carbocycles. The molecular formula is C15H12FN3O2S. The van der Waals surface area contributed by atoms with Crippen molar-refractivity contribution in [3.8, 4) is 0 Å². The third kappa shape index (κ3) is 2.46. The smallest absolute Gasteiger partial charge is 0.286 e. The zero-order valence-electron chi connectivity index (χ0n) is 11.6. The van der Waals surface area contributed by atoms with Gasteiger partial charge < -0.3 is 4.98 Å². The Bertz CT molecular complexity index is 855. The lowest BCUT2D eigenvalue weighted by atomic mass is 10.1. The Kier molecular flexibility index (Phi) is 3.64. The van der Waals surface area contributed by atoms with E-state index >= 15 is 0 Å². The van der Waals surface area contributed by atoms with Crippen LogP contribution in [-0.4, -0.2) is 16.8 Å². The van der Waals surface area contributed by atoms with Gasteiger partial charge in [0.15, 0.2) is 0 Å². The van der Waals surface area contributed by atoms with Crippen LogP contribution in [0.1, 0.15) is 25.7 Å². The quantitative estimate of drug-likeness (QED) is 0.636. The van der Waals surface area contributed by atoms with Crippen LogP contribution in [0.2, 0.25) is 0 Å². The van der Waals surface area contributed by atoms with Gasteiger partial charge in [0.25, 0.3) is 11.8 Å². The maximum Gasteiger partial charge on any atom is 0.286 e. The predicted octanol–water partition coefficient (Wildman–Crippen LogP) is 2.75. The summed E-state index contributed by atoms with van der Waals surface area (Å²) in [7, 11) is 0. The number of aryl methyl sites for hydroxylation is 1. The minimum absolute atomic E-state index is 0.333. The molecule has 0 atom stereocenters. The molecule has 0 saturated heterocycles. The number of nitrogens with one attached hydrogen (secondary N) is 3. The van der Waals surface area contributed by atoms with E-state index in [0.717, 1.165) is 0 Å². The molecule has 0 saturated carbocycles. The molecule has 3 aromatic rings. The first-order valence-electron chi connectivity index (χ1n) is 6.49. The fourth-order valence-corrected chi connectivity index (χ4v) is 3.30. The Hall–Kier alpha value is -2.67. The Balaban J connectivity index is 1.80. The van der Waals surface area contributed by atoms with Crippen molar-refractivity contribution in [3.05, 3.63) is 58.5 Å². The van der Waals surface area contributed by atoms with E-state index in [0.29, 0.717) is 26.2 Å². The first-order valence-corrected chi connectivity index (χ1v) is 7.31. The molecule has 0 aliphatic rings. The molecule has 0 unspecified atom stereocenters. The number of hydrazine groups is 1. The molecule has 3 N–H and O–H groups in total. The summed E-state index contributed by atoms with van der Waals surface area (Å²) in [5.41, 5.74) is 5.54. The molecule has 7 heteroatoms. The second-order valence-corrected chi connectivity index (χ2v) is 5.71. The number of hydrogen-bond acceptors (Lipinski definition) is 3. The van der Waals surface area contributed by atoms with Gasteiger partial charge in [0.1, 0.15) is 11.5 Å². The van der Waals surface area contributed by atoms with Crippen LogP contribution in [0.25, 0.3) is 10.1 Å². The molecule has 0 aliphatic heterocycles. The van der Waals surface area contributed by atoms with E-state index in [9.17, 15) is 14.0 Å². The summed E-state index contributed by atoms with van der Waals surface area (Å²) in [6, 6.07) is 7.97. The number of thiophene rings is 1. The molecule has 5 nitrogen and oxygen atoms in total. The number of halogens is 1. The SMILES string of the molecule is Cc1c(C(=O)NNC(=O)c2ccc[nH]2)sc2cccc(F)c12. The highest BCUT2D eigenvalue weighted by Gasteiger charge is 2.18. The molecule has 0 bridgehead atoms. The fraction of sp³-hybridized carbons (Fsp3) is 0.0667. The van der Waals surface area contributed by atoms with Crippen LogP contribution in [0.4, 0.5) is 4.39 Å². The number of carbonyl (C=O) groups excluding carboxylic acids is 2. The van der Waals surface area contributed by atoms with Crippen molar-refractivity contribution in [2.75, 3.05) is 0 Å². The lowest BCUT2D eigenvalue weighted by Gasteiger charge is -2.05. The number of aromatic nitrogens is 1. The van der Waals surface area contributed by atoms with E-state index in [4.69, 9.17) is 0 Å². The van der Waals surface area contributed by atoms with E-state index in [1.165, 1.54) is 17.4 Å². The standard InChI is InChI=1S/C15H12FN3O2S/c1-8-12-9(16)4-2-6-11(12)22-13(8)15(21)19-18-14(20)10-5-3-7-17-10/h2-7,17H,1H3,(H,18,20)(H,19,21). The van der Waals surface area contributed by atoms with E-state index in [-0.39, 0.29) is 5.82 Å². The largest absolute Gasteiger partial charge is 0.357 e. The van der Waals surface area contributed by atoms with Gasteiger partial charge in [-0.1, -0.05) is 6.07 Å². The van der Waals surface area contributed by atoms with Crippen molar-refractivity contribution >= 4 is 33.2 Å². The molecule has 0 spiro atoms. The van der Waals surface area contributed by atoms with Gasteiger partial charge in [0.05, 0.1) is 4.88 Å². The second kappa shape index (κ2) is 5.61. The van der Waals surface area contributed by atoms with Gasteiger partial charge in [-0.3, -0.25) is 20.4 Å². The number of rotatable bonds is 2. The van der Waals surface area contributed by atoms with Crippen LogP contribution in [-0.2, 0) is 0 Å². The number of benzene rings is 1. The number of hydrogen-bond donors (Lipinski definition) is 3. The van der Waals surface area contributed by atoms with Crippen LogP contribution in [0.5, 0.6) is 0 Å². The Labute approximate surface area is 129 Å². The minimum Gasteiger partial charge on any atom is -0.357 e. The van der Waals surface area contributed by atoms with Crippen molar-refractivity contribution in [2.45, 2.75) is 6.92 Å². The second-order valence-electron chi connectivity index (χ2n) is 4.66. The van der Waals surface area contributed by atoms with Crippen LogP contribution in [0, 0.1) is 12.7 Å². The highest BCUT2D eigenvalue weighted by molar-refractivity contribution is 7.21. The van der Waals surface area contributed by atoms with E-state index in [1.807, 2.05) is 0 Å². The van der Waals surface area contributed by atoms with Crippen molar-refractivity contribution in [3.63, 3.8) is 0 Å². The number of aromatic amines is 1. The maximum atomic E-state index is 13.8. The Morgan fingerprint density at radius 2 is 1.91 bits per heavy atom. The summed E-state index contributed by atoms with van der Waals surface area (Å²) in [5, 5.41) is 0.438. The highest BCUT2D eigenvalue weighted by atomic mass is 32.1. The average Bonchev–Trinajstić information content (AvgIpc) is 3.13. The van der Waals surface area contributed by atoms with Gasteiger partial charge in [-0.05, 0) is 36.8 Å². The van der Waals surface area contributed by atoms with Crippen LogP contribution in [0.3, 0.4) is 0 Å². The normalized spacial score (nSPS) is 10.6. The van der Waals surface area contributed by atoms with Crippen molar-refractivity contribution < 1.29 is 14.0 Å². The first-order chi connectivity index (χ1) is 10.6. The molecule has 0 fully saturated rings. The molecular weight excluding hydrogens is 305 g/mol. The Morgan fingerprint density at radius 3 is 2.59 bits per heavy atom. The van der Waals surface area contributed by atoms with E-state index in [2.05, 4.69) is 15.8 Å². The maximum absolute atomic E-state index is 13.8. The number of H-pyrrole nitrogens is 1. The van der Waals surface area contributed by atoms with Gasteiger partial charge in [0, 0.05) is 16.3 Å². The van der Waals surface area contributed by atoms with E-state index < -0.39 is 11.8 Å². The summed E-state index contributed by atoms with van der Waals surface area (Å²) < 4.78 is 14.5. The summed E-state index contributed by atoms with van der Waals surface area (Å²) in [6.07, 6.45) is 1.61. The summed E-state index contributed by atoms with van der Waals surface area (Å²) in [5.74, 6) is -1.29. The molecule has 0 radical (unpaired) electrons. The van der Waals surface area contributed by atoms with Gasteiger partial charge in [-0.2, -0.15) is 0 Å². The molecule has 112 valence electrons. The third-order valence-electron chi connectivity index (χ3n) is 3.24. The van der Waals surface area contributed by atoms with Crippen LogP contribution >= 0.6 is 11.3 Å². The molecule has 22 heavy (non-hydrogen) atoms. The number of fused-ring (bicyclic) bond motifs is 1. The lowest BCUT2D eigenvalue weighted by molar-refractivity contribution is 0.0846. The summed E-state index contributed by atoms with van der Waals surface area (Å²) in [6.45, 7) is 1.68. The molecule has 2 amide bonds. The number of carbonyl (C=O) groups is 2. The monoisotopic (exact) mass is 317 g/mol. The average molecular weight is 317 g/mol. The van der Waals surface area contributed by atoms with E-state index in [1.54, 1.807) is 37.4 Å². The van der Waals surface area contributed by atoms with Gasteiger partial charge >= 0.3 is 0 Å². The Morgan fingerprint density at radius 1 is 1.14 bits per heavy atom.